The van der Waals surface area contributed by atoms with E-state index in [0.29, 0.717) is 23.7 Å². The summed E-state index contributed by atoms with van der Waals surface area (Å²) in [5, 5.41) is 3.40. The van der Waals surface area contributed by atoms with Gasteiger partial charge in [-0.05, 0) is 38.5 Å². The summed E-state index contributed by atoms with van der Waals surface area (Å²) >= 11 is 0. The fourth-order valence-corrected chi connectivity index (χ4v) is 2.57. The summed E-state index contributed by atoms with van der Waals surface area (Å²) in [5.74, 6) is 1.39. The zero-order chi connectivity index (χ0) is 10.7. The molecular formula is C13H21NO. The molecule has 2 atom stereocenters. The lowest BCUT2D eigenvalue weighted by Crippen LogP contribution is -2.40. The number of hydrogen-bond donors (Lipinski definition) is 1. The molecule has 0 bridgehead atoms. The van der Waals surface area contributed by atoms with Crippen molar-refractivity contribution in [2.45, 2.75) is 45.1 Å². The summed E-state index contributed by atoms with van der Waals surface area (Å²) in [5.41, 5.74) is 0. The van der Waals surface area contributed by atoms with Crippen molar-refractivity contribution in [3.05, 3.63) is 12.2 Å². The number of nitrogens with one attached hydrogen (secondary N) is 1. The number of piperidine rings is 1. The van der Waals surface area contributed by atoms with Crippen LogP contribution in [0.15, 0.2) is 12.2 Å². The number of carbonyl (C=O) groups is 1. The van der Waals surface area contributed by atoms with Crippen LogP contribution in [0.25, 0.3) is 0 Å². The van der Waals surface area contributed by atoms with Crippen molar-refractivity contribution < 1.29 is 4.79 Å². The molecule has 0 radical (unpaired) electrons. The van der Waals surface area contributed by atoms with Gasteiger partial charge in [-0.25, -0.2) is 0 Å². The quantitative estimate of drug-likeness (QED) is 0.719. The van der Waals surface area contributed by atoms with Crippen molar-refractivity contribution in [2.24, 2.45) is 11.8 Å². The first kappa shape index (κ1) is 10.9. The van der Waals surface area contributed by atoms with Crippen LogP contribution in [0.5, 0.6) is 0 Å². The van der Waals surface area contributed by atoms with Gasteiger partial charge in [-0.2, -0.15) is 0 Å². The van der Waals surface area contributed by atoms with Gasteiger partial charge in [0.15, 0.2) is 0 Å². The van der Waals surface area contributed by atoms with E-state index in [4.69, 9.17) is 0 Å². The highest BCUT2D eigenvalue weighted by Crippen LogP contribution is 2.25. The standard InChI is InChI=1S/C13H21NO/c1-10-6-7-12(9-14-10)13(15)8-11-4-2-3-5-11/h2-3,10-12,14H,4-9H2,1H3. The van der Waals surface area contributed by atoms with Crippen LogP contribution in [-0.2, 0) is 4.79 Å². The first-order valence-electron chi connectivity index (χ1n) is 6.17. The molecule has 0 aromatic carbocycles. The lowest BCUT2D eigenvalue weighted by molar-refractivity contribution is -0.124. The van der Waals surface area contributed by atoms with Gasteiger partial charge in [0.1, 0.15) is 5.78 Å². The second kappa shape index (κ2) is 4.93. The van der Waals surface area contributed by atoms with E-state index in [2.05, 4.69) is 24.4 Å². The Balaban J connectivity index is 1.75. The van der Waals surface area contributed by atoms with Crippen LogP contribution in [0.4, 0.5) is 0 Å². The molecule has 2 heteroatoms. The molecule has 2 unspecified atom stereocenters. The molecule has 1 aliphatic carbocycles. The minimum absolute atomic E-state index is 0.293. The van der Waals surface area contributed by atoms with Crippen LogP contribution in [-0.4, -0.2) is 18.4 Å². The van der Waals surface area contributed by atoms with Gasteiger partial charge in [-0.3, -0.25) is 4.79 Å². The van der Waals surface area contributed by atoms with Gasteiger partial charge in [-0.1, -0.05) is 12.2 Å². The lowest BCUT2D eigenvalue weighted by atomic mass is 9.87. The molecular weight excluding hydrogens is 186 g/mol. The predicted molar refractivity (Wildman–Crippen MR) is 61.7 cm³/mol. The third-order valence-corrected chi connectivity index (χ3v) is 3.71. The van der Waals surface area contributed by atoms with E-state index in [-0.39, 0.29) is 0 Å². The molecule has 0 amide bonds. The molecule has 1 fully saturated rings. The average Bonchev–Trinajstić information content (AvgIpc) is 2.71. The Bertz CT molecular complexity index is 243. The van der Waals surface area contributed by atoms with Crippen molar-refractivity contribution in [1.82, 2.24) is 5.32 Å². The normalized spacial score (nSPS) is 32.1. The van der Waals surface area contributed by atoms with Gasteiger partial charge in [0.05, 0.1) is 0 Å². The van der Waals surface area contributed by atoms with Gasteiger partial charge < -0.3 is 5.32 Å². The van der Waals surface area contributed by atoms with E-state index in [1.54, 1.807) is 0 Å². The lowest BCUT2D eigenvalue weighted by Gasteiger charge is -2.27. The highest BCUT2D eigenvalue weighted by Gasteiger charge is 2.25. The fourth-order valence-electron chi connectivity index (χ4n) is 2.57. The summed E-state index contributed by atoms with van der Waals surface area (Å²) in [6, 6.07) is 0.599. The molecule has 1 heterocycles. The molecule has 2 rings (SSSR count). The number of carbonyl (C=O) groups excluding carboxylic acids is 1. The second-order valence-corrected chi connectivity index (χ2v) is 5.06. The summed E-state index contributed by atoms with van der Waals surface area (Å²) in [4.78, 5) is 12.0. The van der Waals surface area contributed by atoms with Crippen molar-refractivity contribution in [3.8, 4) is 0 Å². The second-order valence-electron chi connectivity index (χ2n) is 5.06. The molecule has 84 valence electrons. The Kier molecular flexibility index (Phi) is 3.57. The van der Waals surface area contributed by atoms with E-state index in [0.717, 1.165) is 38.6 Å². The third-order valence-electron chi connectivity index (χ3n) is 3.71. The van der Waals surface area contributed by atoms with E-state index >= 15 is 0 Å². The summed E-state index contributed by atoms with van der Waals surface area (Å²) in [6.45, 7) is 3.10. The Morgan fingerprint density at radius 2 is 2.07 bits per heavy atom. The maximum absolute atomic E-state index is 12.0. The summed E-state index contributed by atoms with van der Waals surface area (Å²) < 4.78 is 0. The first-order chi connectivity index (χ1) is 7.25. The molecule has 2 aliphatic rings. The summed E-state index contributed by atoms with van der Waals surface area (Å²) in [6.07, 6.45) is 9.68. The Hall–Kier alpha value is -0.630. The van der Waals surface area contributed by atoms with Gasteiger partial charge in [0.25, 0.3) is 0 Å². The van der Waals surface area contributed by atoms with E-state index in [1.807, 2.05) is 0 Å². The fraction of sp³-hybridized carbons (Fsp3) is 0.769. The highest BCUT2D eigenvalue weighted by atomic mass is 16.1. The molecule has 15 heavy (non-hydrogen) atoms. The van der Waals surface area contributed by atoms with Gasteiger partial charge in [0, 0.05) is 24.9 Å². The van der Waals surface area contributed by atoms with Crippen molar-refractivity contribution in [3.63, 3.8) is 0 Å². The smallest absolute Gasteiger partial charge is 0.137 e. The van der Waals surface area contributed by atoms with Crippen LogP contribution in [0.1, 0.15) is 39.0 Å². The van der Waals surface area contributed by atoms with Crippen LogP contribution in [0.2, 0.25) is 0 Å². The molecule has 2 nitrogen and oxygen atoms in total. The maximum atomic E-state index is 12.0. The molecule has 0 aromatic heterocycles. The minimum atomic E-state index is 0.293. The van der Waals surface area contributed by atoms with E-state index in [1.165, 1.54) is 0 Å². The van der Waals surface area contributed by atoms with E-state index in [9.17, 15) is 4.79 Å². The number of allylic oxidation sites excluding steroid dienone is 2. The number of rotatable bonds is 3. The van der Waals surface area contributed by atoms with Gasteiger partial charge in [-0.15, -0.1) is 0 Å². The molecule has 1 aliphatic heterocycles. The Labute approximate surface area is 92.1 Å². The third kappa shape index (κ3) is 2.91. The highest BCUT2D eigenvalue weighted by molar-refractivity contribution is 5.81. The number of Topliss-reactive ketones (excluding diaryl/α,β-unsaturated/α-hetero) is 1. The van der Waals surface area contributed by atoms with Crippen molar-refractivity contribution in [1.29, 1.82) is 0 Å². The number of hydrogen-bond acceptors (Lipinski definition) is 2. The zero-order valence-electron chi connectivity index (χ0n) is 9.54. The van der Waals surface area contributed by atoms with Crippen molar-refractivity contribution >= 4 is 5.78 Å². The Morgan fingerprint density at radius 3 is 2.67 bits per heavy atom. The predicted octanol–water partition coefficient (Wildman–Crippen LogP) is 2.30. The van der Waals surface area contributed by atoms with Gasteiger partial charge >= 0.3 is 0 Å². The van der Waals surface area contributed by atoms with Crippen LogP contribution in [0, 0.1) is 11.8 Å². The van der Waals surface area contributed by atoms with Gasteiger partial charge in [0.2, 0.25) is 0 Å². The summed E-state index contributed by atoms with van der Waals surface area (Å²) in [7, 11) is 0. The molecule has 1 saturated heterocycles. The topological polar surface area (TPSA) is 29.1 Å². The molecule has 0 spiro atoms. The molecule has 0 saturated carbocycles. The van der Waals surface area contributed by atoms with Crippen LogP contribution in [0.3, 0.4) is 0 Å². The van der Waals surface area contributed by atoms with Crippen LogP contribution < -0.4 is 5.32 Å². The average molecular weight is 207 g/mol. The van der Waals surface area contributed by atoms with Crippen molar-refractivity contribution in [2.75, 3.05) is 6.54 Å². The first-order valence-corrected chi connectivity index (χ1v) is 6.17. The zero-order valence-corrected chi connectivity index (χ0v) is 9.54. The Morgan fingerprint density at radius 1 is 1.33 bits per heavy atom. The van der Waals surface area contributed by atoms with Crippen LogP contribution >= 0.6 is 0 Å². The number of ketones is 1. The molecule has 1 N–H and O–H groups in total. The monoisotopic (exact) mass is 207 g/mol. The van der Waals surface area contributed by atoms with E-state index < -0.39 is 0 Å². The largest absolute Gasteiger partial charge is 0.314 e. The molecule has 0 aromatic rings. The maximum Gasteiger partial charge on any atom is 0.137 e. The minimum Gasteiger partial charge on any atom is -0.314 e. The SMILES string of the molecule is CC1CCC(C(=O)CC2CC=CC2)CN1.